The SMILES string of the molecule is C=C(C)C(=O)NC(CC)CCS. The molecule has 0 aliphatic rings. The maximum absolute atomic E-state index is 11.2. The highest BCUT2D eigenvalue weighted by Crippen LogP contribution is 2.00. The first-order valence-electron chi connectivity index (χ1n) is 4.19. The number of rotatable bonds is 5. The van der Waals surface area contributed by atoms with Crippen molar-refractivity contribution in [1.29, 1.82) is 0 Å². The summed E-state index contributed by atoms with van der Waals surface area (Å²) < 4.78 is 0. The van der Waals surface area contributed by atoms with Crippen LogP contribution in [-0.2, 0) is 4.79 Å². The molecule has 0 aromatic rings. The summed E-state index contributed by atoms with van der Waals surface area (Å²) in [6.07, 6.45) is 1.86. The van der Waals surface area contributed by atoms with Crippen molar-refractivity contribution in [1.82, 2.24) is 5.32 Å². The largest absolute Gasteiger partial charge is 0.350 e. The van der Waals surface area contributed by atoms with E-state index in [4.69, 9.17) is 0 Å². The molecule has 1 amide bonds. The zero-order valence-electron chi connectivity index (χ0n) is 7.76. The number of carbonyl (C=O) groups excluding carboxylic acids is 1. The fourth-order valence-corrected chi connectivity index (χ4v) is 1.15. The molecule has 0 aliphatic carbocycles. The van der Waals surface area contributed by atoms with Crippen LogP contribution >= 0.6 is 12.6 Å². The Hall–Kier alpha value is -0.440. The van der Waals surface area contributed by atoms with Crippen LogP contribution < -0.4 is 5.32 Å². The van der Waals surface area contributed by atoms with E-state index in [1.54, 1.807) is 6.92 Å². The van der Waals surface area contributed by atoms with Crippen LogP contribution in [0.3, 0.4) is 0 Å². The van der Waals surface area contributed by atoms with Gasteiger partial charge in [0, 0.05) is 11.6 Å². The number of hydrogen-bond acceptors (Lipinski definition) is 2. The Kier molecular flexibility index (Phi) is 5.89. The normalized spacial score (nSPS) is 12.2. The Balaban J connectivity index is 3.85. The molecule has 0 fully saturated rings. The van der Waals surface area contributed by atoms with E-state index in [-0.39, 0.29) is 11.9 Å². The smallest absolute Gasteiger partial charge is 0.246 e. The van der Waals surface area contributed by atoms with Crippen LogP contribution in [0.4, 0.5) is 0 Å². The van der Waals surface area contributed by atoms with Crippen molar-refractivity contribution < 1.29 is 4.79 Å². The van der Waals surface area contributed by atoms with Crippen LogP contribution in [0.15, 0.2) is 12.2 Å². The molecule has 0 aliphatic heterocycles. The number of nitrogens with one attached hydrogen (secondary N) is 1. The molecular formula is C9H17NOS. The van der Waals surface area contributed by atoms with Crippen LogP contribution in [0.25, 0.3) is 0 Å². The van der Waals surface area contributed by atoms with E-state index in [0.717, 1.165) is 18.6 Å². The van der Waals surface area contributed by atoms with Gasteiger partial charge in [-0.25, -0.2) is 0 Å². The zero-order chi connectivity index (χ0) is 9.56. The molecule has 0 heterocycles. The summed E-state index contributed by atoms with van der Waals surface area (Å²) in [6, 6.07) is 0.242. The summed E-state index contributed by atoms with van der Waals surface area (Å²) in [7, 11) is 0. The van der Waals surface area contributed by atoms with Crippen molar-refractivity contribution in [3.8, 4) is 0 Å². The van der Waals surface area contributed by atoms with Crippen LogP contribution in [-0.4, -0.2) is 17.7 Å². The van der Waals surface area contributed by atoms with E-state index in [0.29, 0.717) is 5.57 Å². The molecule has 0 radical (unpaired) electrons. The average Bonchev–Trinajstić information content (AvgIpc) is 2.03. The molecule has 0 bridgehead atoms. The van der Waals surface area contributed by atoms with E-state index in [9.17, 15) is 4.79 Å². The van der Waals surface area contributed by atoms with Crippen molar-refractivity contribution in [2.24, 2.45) is 0 Å². The highest BCUT2D eigenvalue weighted by Gasteiger charge is 2.08. The Bertz CT molecular complexity index is 168. The van der Waals surface area contributed by atoms with Gasteiger partial charge in [0.25, 0.3) is 0 Å². The maximum atomic E-state index is 11.2. The number of thiol groups is 1. The van der Waals surface area contributed by atoms with Crippen molar-refractivity contribution in [2.45, 2.75) is 32.7 Å². The Morgan fingerprint density at radius 1 is 1.67 bits per heavy atom. The molecule has 1 unspecified atom stereocenters. The lowest BCUT2D eigenvalue weighted by atomic mass is 10.1. The summed E-state index contributed by atoms with van der Waals surface area (Å²) in [6.45, 7) is 7.33. The van der Waals surface area contributed by atoms with E-state index >= 15 is 0 Å². The minimum absolute atomic E-state index is 0.0522. The molecular weight excluding hydrogens is 170 g/mol. The summed E-state index contributed by atoms with van der Waals surface area (Å²) in [5.41, 5.74) is 0.563. The predicted octanol–water partition coefficient (Wildman–Crippen LogP) is 1.78. The van der Waals surface area contributed by atoms with Crippen LogP contribution in [0, 0.1) is 0 Å². The minimum atomic E-state index is -0.0522. The van der Waals surface area contributed by atoms with Gasteiger partial charge in [0.1, 0.15) is 0 Å². The Morgan fingerprint density at radius 2 is 2.25 bits per heavy atom. The zero-order valence-corrected chi connectivity index (χ0v) is 8.66. The summed E-state index contributed by atoms with van der Waals surface area (Å²) in [5.74, 6) is 0.748. The van der Waals surface area contributed by atoms with Gasteiger partial charge in [0.2, 0.25) is 5.91 Å². The Labute approximate surface area is 79.8 Å². The molecule has 70 valence electrons. The third-order valence-electron chi connectivity index (χ3n) is 1.69. The van der Waals surface area contributed by atoms with Gasteiger partial charge < -0.3 is 5.32 Å². The maximum Gasteiger partial charge on any atom is 0.246 e. The van der Waals surface area contributed by atoms with Crippen LogP contribution in [0.2, 0.25) is 0 Å². The molecule has 3 heteroatoms. The van der Waals surface area contributed by atoms with Crippen molar-refractivity contribution >= 4 is 18.5 Å². The van der Waals surface area contributed by atoms with Crippen molar-refractivity contribution in [2.75, 3.05) is 5.75 Å². The molecule has 1 N–H and O–H groups in total. The molecule has 2 nitrogen and oxygen atoms in total. The molecule has 0 spiro atoms. The molecule has 0 saturated heterocycles. The van der Waals surface area contributed by atoms with E-state index in [1.165, 1.54) is 0 Å². The van der Waals surface area contributed by atoms with Gasteiger partial charge >= 0.3 is 0 Å². The lowest BCUT2D eigenvalue weighted by Gasteiger charge is -2.15. The first kappa shape index (κ1) is 11.6. The van der Waals surface area contributed by atoms with Gasteiger partial charge in [-0.05, 0) is 25.5 Å². The van der Waals surface area contributed by atoms with Crippen molar-refractivity contribution in [3.05, 3.63) is 12.2 Å². The predicted molar refractivity (Wildman–Crippen MR) is 55.5 cm³/mol. The first-order valence-corrected chi connectivity index (χ1v) is 4.82. The van der Waals surface area contributed by atoms with Crippen LogP contribution in [0.5, 0.6) is 0 Å². The number of amides is 1. The second-order valence-corrected chi connectivity index (χ2v) is 3.32. The lowest BCUT2D eigenvalue weighted by Crippen LogP contribution is -2.34. The van der Waals surface area contributed by atoms with Gasteiger partial charge in [0.05, 0.1) is 0 Å². The summed E-state index contributed by atoms with van der Waals surface area (Å²) >= 11 is 4.11. The molecule has 0 aromatic carbocycles. The standard InChI is InChI=1S/C9H17NOS/c1-4-8(5-6-12)10-9(11)7(2)3/h8,12H,2,4-6H2,1,3H3,(H,10,11). The second kappa shape index (κ2) is 6.12. The minimum Gasteiger partial charge on any atom is -0.350 e. The second-order valence-electron chi connectivity index (χ2n) is 2.87. The fraction of sp³-hybridized carbons (Fsp3) is 0.667. The molecule has 1 atom stereocenters. The monoisotopic (exact) mass is 187 g/mol. The third kappa shape index (κ3) is 4.44. The van der Waals surface area contributed by atoms with Gasteiger partial charge in [0.15, 0.2) is 0 Å². The van der Waals surface area contributed by atoms with Gasteiger partial charge in [-0.1, -0.05) is 13.5 Å². The molecule has 0 aromatic heterocycles. The van der Waals surface area contributed by atoms with Gasteiger partial charge in [-0.15, -0.1) is 0 Å². The summed E-state index contributed by atoms with van der Waals surface area (Å²) in [4.78, 5) is 11.2. The lowest BCUT2D eigenvalue weighted by molar-refractivity contribution is -0.118. The van der Waals surface area contributed by atoms with E-state index < -0.39 is 0 Å². The number of carbonyl (C=O) groups is 1. The van der Waals surface area contributed by atoms with Gasteiger partial charge in [-0.2, -0.15) is 12.6 Å². The number of hydrogen-bond donors (Lipinski definition) is 2. The third-order valence-corrected chi connectivity index (χ3v) is 1.95. The molecule has 12 heavy (non-hydrogen) atoms. The van der Waals surface area contributed by atoms with Crippen molar-refractivity contribution in [3.63, 3.8) is 0 Å². The highest BCUT2D eigenvalue weighted by molar-refractivity contribution is 7.80. The molecule has 0 saturated carbocycles. The fourth-order valence-electron chi connectivity index (χ4n) is 0.843. The van der Waals surface area contributed by atoms with E-state index in [2.05, 4.69) is 24.5 Å². The Morgan fingerprint density at radius 3 is 2.58 bits per heavy atom. The molecule has 0 rings (SSSR count). The van der Waals surface area contributed by atoms with Gasteiger partial charge in [-0.3, -0.25) is 4.79 Å². The average molecular weight is 187 g/mol. The summed E-state index contributed by atoms with van der Waals surface area (Å²) in [5, 5.41) is 2.88. The first-order chi connectivity index (χ1) is 5.61. The highest BCUT2D eigenvalue weighted by atomic mass is 32.1. The topological polar surface area (TPSA) is 29.1 Å². The van der Waals surface area contributed by atoms with Crippen LogP contribution in [0.1, 0.15) is 26.7 Å². The quantitative estimate of drug-likeness (QED) is 0.498. The van der Waals surface area contributed by atoms with E-state index in [1.807, 2.05) is 6.92 Å².